The van der Waals surface area contributed by atoms with E-state index in [1.165, 1.54) is 0 Å². The molecule has 0 amide bonds. The zero-order chi connectivity index (χ0) is 12.0. The lowest BCUT2D eigenvalue weighted by Gasteiger charge is -2.09. The topological polar surface area (TPSA) is 26.3 Å². The molecule has 0 fully saturated rings. The summed E-state index contributed by atoms with van der Waals surface area (Å²) in [7, 11) is 0. The molecule has 0 atom stereocenters. The van der Waals surface area contributed by atoms with Crippen LogP contribution >= 0.6 is 11.6 Å². The van der Waals surface area contributed by atoms with Crippen LogP contribution in [0.1, 0.15) is 35.7 Å². The lowest BCUT2D eigenvalue weighted by atomic mass is 10.1. The predicted molar refractivity (Wildman–Crippen MR) is 66.6 cm³/mol. The molecule has 0 spiro atoms. The fourth-order valence-electron chi connectivity index (χ4n) is 1.43. The Hall–Kier alpha value is -1.02. The van der Waals surface area contributed by atoms with Gasteiger partial charge in [-0.3, -0.25) is 4.79 Å². The molecule has 88 valence electrons. The minimum Gasteiger partial charge on any atom is -0.493 e. The molecular weight excluding hydrogens is 224 g/mol. The third-order valence-electron chi connectivity index (χ3n) is 2.28. The molecule has 0 saturated carbocycles. The molecule has 0 radical (unpaired) electrons. The first-order valence-corrected chi connectivity index (χ1v) is 6.05. The number of benzene rings is 1. The number of hydrogen-bond acceptors (Lipinski definition) is 2. The van der Waals surface area contributed by atoms with Crippen LogP contribution in [0, 0.1) is 6.92 Å². The van der Waals surface area contributed by atoms with Crippen molar-refractivity contribution in [3.8, 4) is 5.75 Å². The van der Waals surface area contributed by atoms with Gasteiger partial charge in [0.15, 0.2) is 5.78 Å². The number of carbonyl (C=O) groups is 1. The third-order valence-corrected chi connectivity index (χ3v) is 2.47. The molecule has 3 heteroatoms. The highest BCUT2D eigenvalue weighted by atomic mass is 35.5. The van der Waals surface area contributed by atoms with E-state index in [9.17, 15) is 4.79 Å². The first-order valence-electron chi connectivity index (χ1n) is 5.51. The fraction of sp³-hybridized carbons (Fsp3) is 0.462. The van der Waals surface area contributed by atoms with Crippen LogP contribution in [0.2, 0.25) is 0 Å². The van der Waals surface area contributed by atoms with Crippen molar-refractivity contribution in [3.05, 3.63) is 29.3 Å². The summed E-state index contributed by atoms with van der Waals surface area (Å²) in [6.45, 7) is 4.71. The molecule has 0 aliphatic carbocycles. The van der Waals surface area contributed by atoms with E-state index in [1.54, 1.807) is 6.07 Å². The largest absolute Gasteiger partial charge is 0.493 e. The molecule has 1 aromatic carbocycles. The van der Waals surface area contributed by atoms with Crippen LogP contribution in [0.4, 0.5) is 0 Å². The maximum absolute atomic E-state index is 11.6. The summed E-state index contributed by atoms with van der Waals surface area (Å²) < 4.78 is 5.54. The minimum atomic E-state index is 0.0835. The quantitative estimate of drug-likeness (QED) is 0.561. The van der Waals surface area contributed by atoms with Crippen LogP contribution in [0.3, 0.4) is 0 Å². The number of aryl methyl sites for hydroxylation is 1. The SMILES string of the molecule is CCCOc1ccc(C(=O)CCCl)cc1C. The second-order valence-corrected chi connectivity index (χ2v) is 4.07. The van der Waals surface area contributed by atoms with Crippen molar-refractivity contribution in [1.29, 1.82) is 0 Å². The van der Waals surface area contributed by atoms with Crippen molar-refractivity contribution < 1.29 is 9.53 Å². The van der Waals surface area contributed by atoms with Crippen molar-refractivity contribution in [2.45, 2.75) is 26.7 Å². The van der Waals surface area contributed by atoms with Crippen molar-refractivity contribution in [3.63, 3.8) is 0 Å². The van der Waals surface area contributed by atoms with E-state index in [0.717, 1.165) is 17.7 Å². The van der Waals surface area contributed by atoms with E-state index in [-0.39, 0.29) is 5.78 Å². The average molecular weight is 241 g/mol. The van der Waals surface area contributed by atoms with Crippen LogP contribution in [0.5, 0.6) is 5.75 Å². The number of hydrogen-bond donors (Lipinski definition) is 0. The predicted octanol–water partition coefficient (Wildman–Crippen LogP) is 3.60. The van der Waals surface area contributed by atoms with Crippen molar-refractivity contribution in [2.75, 3.05) is 12.5 Å². The van der Waals surface area contributed by atoms with E-state index in [0.29, 0.717) is 24.5 Å². The summed E-state index contributed by atoms with van der Waals surface area (Å²) in [4.78, 5) is 11.6. The molecule has 0 saturated heterocycles. The van der Waals surface area contributed by atoms with Gasteiger partial charge in [0.1, 0.15) is 5.75 Å². The molecule has 0 aromatic heterocycles. The maximum Gasteiger partial charge on any atom is 0.164 e. The van der Waals surface area contributed by atoms with Gasteiger partial charge >= 0.3 is 0 Å². The average Bonchev–Trinajstić information content (AvgIpc) is 2.27. The lowest BCUT2D eigenvalue weighted by Crippen LogP contribution is -2.02. The number of ether oxygens (including phenoxy) is 1. The normalized spacial score (nSPS) is 10.2. The second-order valence-electron chi connectivity index (χ2n) is 3.69. The van der Waals surface area contributed by atoms with Crippen LogP contribution < -0.4 is 4.74 Å². The number of rotatable bonds is 6. The molecule has 16 heavy (non-hydrogen) atoms. The van der Waals surface area contributed by atoms with Gasteiger partial charge in [-0.25, -0.2) is 0 Å². The summed E-state index contributed by atoms with van der Waals surface area (Å²) in [5, 5.41) is 0. The summed E-state index contributed by atoms with van der Waals surface area (Å²) >= 11 is 5.54. The molecule has 2 nitrogen and oxygen atoms in total. The first kappa shape index (κ1) is 13.0. The van der Waals surface area contributed by atoms with Gasteiger partial charge in [0.25, 0.3) is 0 Å². The Kier molecular flexibility index (Phi) is 5.33. The van der Waals surface area contributed by atoms with Gasteiger partial charge in [0.05, 0.1) is 6.61 Å². The van der Waals surface area contributed by atoms with E-state index in [4.69, 9.17) is 16.3 Å². The zero-order valence-corrected chi connectivity index (χ0v) is 10.5. The summed E-state index contributed by atoms with van der Waals surface area (Å²) in [5.41, 5.74) is 1.70. The molecule has 0 unspecified atom stereocenters. The second kappa shape index (κ2) is 6.54. The van der Waals surface area contributed by atoms with Crippen LogP contribution in [0.15, 0.2) is 18.2 Å². The Bertz CT molecular complexity index is 361. The highest BCUT2D eigenvalue weighted by molar-refractivity contribution is 6.19. The number of Topliss-reactive ketones (excluding diaryl/α,β-unsaturated/α-hetero) is 1. The van der Waals surface area contributed by atoms with E-state index >= 15 is 0 Å². The Labute approximate surface area is 102 Å². The molecule has 0 aliphatic heterocycles. The molecule has 0 bridgehead atoms. The molecule has 1 aromatic rings. The first-order chi connectivity index (χ1) is 7.69. The van der Waals surface area contributed by atoms with Crippen LogP contribution in [-0.2, 0) is 0 Å². The number of halogens is 1. The van der Waals surface area contributed by atoms with Crippen molar-refractivity contribution >= 4 is 17.4 Å². The molecule has 0 heterocycles. The molecular formula is C13H17ClO2. The monoisotopic (exact) mass is 240 g/mol. The number of alkyl halides is 1. The fourth-order valence-corrected chi connectivity index (χ4v) is 1.60. The van der Waals surface area contributed by atoms with Crippen molar-refractivity contribution in [2.24, 2.45) is 0 Å². The molecule has 0 N–H and O–H groups in total. The van der Waals surface area contributed by atoms with Crippen molar-refractivity contribution in [1.82, 2.24) is 0 Å². The summed E-state index contributed by atoms with van der Waals surface area (Å²) in [6.07, 6.45) is 1.36. The Morgan fingerprint density at radius 1 is 1.44 bits per heavy atom. The Morgan fingerprint density at radius 3 is 2.75 bits per heavy atom. The lowest BCUT2D eigenvalue weighted by molar-refractivity contribution is 0.0989. The van der Waals surface area contributed by atoms with Gasteiger partial charge in [-0.1, -0.05) is 6.92 Å². The van der Waals surface area contributed by atoms with E-state index in [2.05, 4.69) is 6.92 Å². The van der Waals surface area contributed by atoms with Gasteiger partial charge in [-0.05, 0) is 37.1 Å². The third kappa shape index (κ3) is 3.53. The van der Waals surface area contributed by atoms with Gasteiger partial charge in [0.2, 0.25) is 0 Å². The maximum atomic E-state index is 11.6. The van der Waals surface area contributed by atoms with Crippen LogP contribution in [0.25, 0.3) is 0 Å². The van der Waals surface area contributed by atoms with Crippen LogP contribution in [-0.4, -0.2) is 18.3 Å². The van der Waals surface area contributed by atoms with Gasteiger partial charge in [-0.2, -0.15) is 0 Å². The highest BCUT2D eigenvalue weighted by Gasteiger charge is 2.07. The number of carbonyl (C=O) groups excluding carboxylic acids is 1. The zero-order valence-electron chi connectivity index (χ0n) is 9.75. The Balaban J connectivity index is 2.78. The van der Waals surface area contributed by atoms with Gasteiger partial charge in [-0.15, -0.1) is 11.6 Å². The van der Waals surface area contributed by atoms with Gasteiger partial charge < -0.3 is 4.74 Å². The smallest absolute Gasteiger partial charge is 0.164 e. The number of ketones is 1. The van der Waals surface area contributed by atoms with E-state index < -0.39 is 0 Å². The summed E-state index contributed by atoms with van der Waals surface area (Å²) in [5.74, 6) is 1.30. The molecule has 0 aliphatic rings. The standard InChI is InChI=1S/C13H17ClO2/c1-3-8-16-13-5-4-11(9-10(13)2)12(15)6-7-14/h4-5,9H,3,6-8H2,1-2H3. The Morgan fingerprint density at radius 2 is 2.19 bits per heavy atom. The molecule has 1 rings (SSSR count). The minimum absolute atomic E-state index is 0.0835. The van der Waals surface area contributed by atoms with Gasteiger partial charge in [0, 0.05) is 17.9 Å². The van der Waals surface area contributed by atoms with E-state index in [1.807, 2.05) is 19.1 Å². The highest BCUT2D eigenvalue weighted by Crippen LogP contribution is 2.20. The summed E-state index contributed by atoms with van der Waals surface area (Å²) in [6, 6.07) is 5.51.